The van der Waals surface area contributed by atoms with Crippen LogP contribution in [0, 0.1) is 11.3 Å². The highest BCUT2D eigenvalue weighted by molar-refractivity contribution is 5.10. The summed E-state index contributed by atoms with van der Waals surface area (Å²) in [4.78, 5) is 0. The fraction of sp³-hybridized carbons (Fsp3) is 1.00. The number of rotatable bonds is 2. The minimum absolute atomic E-state index is 0.294. The summed E-state index contributed by atoms with van der Waals surface area (Å²) in [6.45, 7) is 7.50. The van der Waals surface area contributed by atoms with E-state index in [1.807, 2.05) is 0 Å². The van der Waals surface area contributed by atoms with Crippen molar-refractivity contribution < 1.29 is 9.47 Å². The third kappa shape index (κ3) is 2.02. The van der Waals surface area contributed by atoms with Gasteiger partial charge in [-0.25, -0.2) is 0 Å². The summed E-state index contributed by atoms with van der Waals surface area (Å²) in [5, 5.41) is 3.84. The topological polar surface area (TPSA) is 30.5 Å². The SMILES string of the molecule is CC1(C)C(NC2CCCOC2)C2CCCOC21. The van der Waals surface area contributed by atoms with Crippen molar-refractivity contribution in [1.29, 1.82) is 0 Å². The van der Waals surface area contributed by atoms with E-state index in [0.29, 0.717) is 23.6 Å². The smallest absolute Gasteiger partial charge is 0.0684 e. The minimum atomic E-state index is 0.294. The van der Waals surface area contributed by atoms with Crippen LogP contribution in [0.25, 0.3) is 0 Å². The van der Waals surface area contributed by atoms with E-state index in [-0.39, 0.29) is 0 Å². The first-order chi connectivity index (χ1) is 8.19. The average molecular weight is 239 g/mol. The van der Waals surface area contributed by atoms with Crippen molar-refractivity contribution in [3.05, 3.63) is 0 Å². The lowest BCUT2D eigenvalue weighted by molar-refractivity contribution is -0.196. The second-order valence-corrected chi connectivity index (χ2v) is 6.48. The summed E-state index contributed by atoms with van der Waals surface area (Å²) >= 11 is 0. The van der Waals surface area contributed by atoms with E-state index in [1.165, 1.54) is 25.7 Å². The molecule has 0 aromatic heterocycles. The maximum Gasteiger partial charge on any atom is 0.0684 e. The van der Waals surface area contributed by atoms with Gasteiger partial charge in [0, 0.05) is 36.6 Å². The Balaban J connectivity index is 1.61. The van der Waals surface area contributed by atoms with Crippen molar-refractivity contribution in [2.45, 2.75) is 57.7 Å². The molecule has 3 nitrogen and oxygen atoms in total. The normalized spacial score (nSPS) is 44.8. The number of hydrogen-bond acceptors (Lipinski definition) is 3. The molecule has 1 N–H and O–H groups in total. The molecular formula is C14H25NO2. The molecule has 2 saturated heterocycles. The van der Waals surface area contributed by atoms with Gasteiger partial charge in [0.05, 0.1) is 12.7 Å². The predicted molar refractivity (Wildman–Crippen MR) is 67.0 cm³/mol. The first-order valence-electron chi connectivity index (χ1n) is 7.15. The Bertz CT molecular complexity index is 273. The van der Waals surface area contributed by atoms with E-state index in [0.717, 1.165) is 25.7 Å². The number of ether oxygens (including phenoxy) is 2. The molecular weight excluding hydrogens is 214 g/mol. The first kappa shape index (κ1) is 11.9. The zero-order chi connectivity index (χ0) is 11.9. The molecule has 98 valence electrons. The summed E-state index contributed by atoms with van der Waals surface area (Å²) in [7, 11) is 0. The van der Waals surface area contributed by atoms with Crippen molar-refractivity contribution >= 4 is 0 Å². The van der Waals surface area contributed by atoms with Crippen LogP contribution >= 0.6 is 0 Å². The quantitative estimate of drug-likeness (QED) is 0.799. The molecule has 0 bridgehead atoms. The van der Waals surface area contributed by atoms with Crippen LogP contribution in [0.4, 0.5) is 0 Å². The van der Waals surface area contributed by atoms with Gasteiger partial charge in [0.2, 0.25) is 0 Å². The maximum atomic E-state index is 5.94. The standard InChI is InChI=1S/C14H25NO2/c1-14(2)12(11-6-4-8-17-13(11)14)15-10-5-3-7-16-9-10/h10-13,15H,3-9H2,1-2H3. The molecule has 0 aromatic carbocycles. The number of hydrogen-bond donors (Lipinski definition) is 1. The summed E-state index contributed by atoms with van der Waals surface area (Å²) in [5.41, 5.74) is 0.294. The van der Waals surface area contributed by atoms with E-state index in [9.17, 15) is 0 Å². The van der Waals surface area contributed by atoms with Crippen LogP contribution in [0.1, 0.15) is 39.5 Å². The Labute approximate surface area is 104 Å². The largest absolute Gasteiger partial charge is 0.380 e. The Morgan fingerprint density at radius 1 is 1.12 bits per heavy atom. The fourth-order valence-electron chi connectivity index (χ4n) is 3.99. The highest BCUT2D eigenvalue weighted by atomic mass is 16.5. The molecule has 0 amide bonds. The molecule has 2 heterocycles. The molecule has 0 aromatic rings. The predicted octanol–water partition coefficient (Wildman–Crippen LogP) is 1.96. The van der Waals surface area contributed by atoms with Crippen LogP contribution in [-0.4, -0.2) is 38.0 Å². The molecule has 3 fully saturated rings. The van der Waals surface area contributed by atoms with Crippen molar-refractivity contribution in [2.24, 2.45) is 11.3 Å². The van der Waals surface area contributed by atoms with Gasteiger partial charge in [0.15, 0.2) is 0 Å². The summed E-state index contributed by atoms with van der Waals surface area (Å²) < 4.78 is 11.5. The average Bonchev–Trinajstić information content (AvgIpc) is 2.37. The zero-order valence-corrected chi connectivity index (χ0v) is 11.1. The summed E-state index contributed by atoms with van der Waals surface area (Å²) in [6, 6.07) is 1.19. The molecule has 3 heteroatoms. The molecule has 0 spiro atoms. The van der Waals surface area contributed by atoms with Gasteiger partial charge in [-0.2, -0.15) is 0 Å². The minimum Gasteiger partial charge on any atom is -0.380 e. The van der Waals surface area contributed by atoms with Gasteiger partial charge in [-0.3, -0.25) is 0 Å². The molecule has 17 heavy (non-hydrogen) atoms. The molecule has 4 unspecified atom stereocenters. The van der Waals surface area contributed by atoms with Gasteiger partial charge in [0.1, 0.15) is 0 Å². The van der Waals surface area contributed by atoms with Crippen LogP contribution in [-0.2, 0) is 9.47 Å². The van der Waals surface area contributed by atoms with Gasteiger partial charge >= 0.3 is 0 Å². The van der Waals surface area contributed by atoms with Crippen LogP contribution < -0.4 is 5.32 Å². The summed E-state index contributed by atoms with van der Waals surface area (Å²) in [6.07, 6.45) is 5.52. The van der Waals surface area contributed by atoms with Crippen molar-refractivity contribution in [2.75, 3.05) is 19.8 Å². The van der Waals surface area contributed by atoms with Crippen molar-refractivity contribution in [1.82, 2.24) is 5.32 Å². The molecule has 1 saturated carbocycles. The lowest BCUT2D eigenvalue weighted by atomic mass is 9.55. The highest BCUT2D eigenvalue weighted by Crippen LogP contribution is 2.51. The van der Waals surface area contributed by atoms with Crippen LogP contribution in [0.15, 0.2) is 0 Å². The monoisotopic (exact) mass is 239 g/mol. The molecule has 0 radical (unpaired) electrons. The van der Waals surface area contributed by atoms with Gasteiger partial charge in [-0.1, -0.05) is 13.8 Å². The van der Waals surface area contributed by atoms with Crippen molar-refractivity contribution in [3.63, 3.8) is 0 Å². The van der Waals surface area contributed by atoms with Crippen LogP contribution in [0.3, 0.4) is 0 Å². The third-order valence-electron chi connectivity index (χ3n) is 4.91. The van der Waals surface area contributed by atoms with Crippen LogP contribution in [0.5, 0.6) is 0 Å². The third-order valence-corrected chi connectivity index (χ3v) is 4.91. The fourth-order valence-corrected chi connectivity index (χ4v) is 3.99. The van der Waals surface area contributed by atoms with Crippen molar-refractivity contribution in [3.8, 4) is 0 Å². The van der Waals surface area contributed by atoms with Gasteiger partial charge < -0.3 is 14.8 Å². The Hall–Kier alpha value is -0.120. The first-order valence-corrected chi connectivity index (χ1v) is 7.15. The molecule has 2 aliphatic heterocycles. The van der Waals surface area contributed by atoms with Gasteiger partial charge in [0.25, 0.3) is 0 Å². The lowest BCUT2D eigenvalue weighted by Crippen LogP contribution is -2.71. The maximum absolute atomic E-state index is 5.94. The Morgan fingerprint density at radius 3 is 2.71 bits per heavy atom. The zero-order valence-electron chi connectivity index (χ0n) is 11.1. The second-order valence-electron chi connectivity index (χ2n) is 6.48. The van der Waals surface area contributed by atoms with Gasteiger partial charge in [-0.15, -0.1) is 0 Å². The summed E-state index contributed by atoms with van der Waals surface area (Å²) in [5.74, 6) is 0.737. The Morgan fingerprint density at radius 2 is 1.94 bits per heavy atom. The number of fused-ring (bicyclic) bond motifs is 1. The molecule has 3 rings (SSSR count). The van der Waals surface area contributed by atoms with E-state index in [4.69, 9.17) is 9.47 Å². The Kier molecular flexibility index (Phi) is 3.18. The molecule has 4 atom stereocenters. The van der Waals surface area contributed by atoms with Crippen LogP contribution in [0.2, 0.25) is 0 Å². The molecule has 3 aliphatic rings. The molecule has 1 aliphatic carbocycles. The lowest BCUT2D eigenvalue weighted by Gasteiger charge is -2.61. The van der Waals surface area contributed by atoms with E-state index >= 15 is 0 Å². The van der Waals surface area contributed by atoms with E-state index in [1.54, 1.807) is 0 Å². The second kappa shape index (κ2) is 4.52. The highest BCUT2D eigenvalue weighted by Gasteiger charge is 2.58. The van der Waals surface area contributed by atoms with Gasteiger partial charge in [-0.05, 0) is 25.7 Å². The van der Waals surface area contributed by atoms with E-state index in [2.05, 4.69) is 19.2 Å². The van der Waals surface area contributed by atoms with E-state index < -0.39 is 0 Å². The number of nitrogens with one attached hydrogen (secondary N) is 1.